The van der Waals surface area contributed by atoms with E-state index in [0.717, 1.165) is 24.6 Å². The maximum Gasteiger partial charge on any atom is 0.352 e. The summed E-state index contributed by atoms with van der Waals surface area (Å²) < 4.78 is 58.5. The van der Waals surface area contributed by atoms with E-state index in [1.165, 1.54) is 19.1 Å². The molecule has 35 heavy (non-hydrogen) atoms. The van der Waals surface area contributed by atoms with Crippen molar-refractivity contribution >= 4 is 17.5 Å². The number of hydrogen-bond acceptors (Lipinski definition) is 3. The minimum absolute atomic E-state index is 0.161. The summed E-state index contributed by atoms with van der Waals surface area (Å²) in [6.45, 7) is 1.50. The van der Waals surface area contributed by atoms with Crippen LogP contribution in [-0.2, 0) is 10.7 Å². The van der Waals surface area contributed by atoms with Gasteiger partial charge in [-0.3, -0.25) is 9.59 Å². The van der Waals surface area contributed by atoms with Crippen LogP contribution in [0.4, 0.5) is 23.2 Å². The fraction of sp³-hybridized carbons (Fsp3) is 0.462. The van der Waals surface area contributed by atoms with Gasteiger partial charge in [-0.15, -0.1) is 0 Å². The van der Waals surface area contributed by atoms with Gasteiger partial charge >= 0.3 is 5.92 Å². The Morgan fingerprint density at radius 2 is 1.66 bits per heavy atom. The number of benzene rings is 2. The quantitative estimate of drug-likeness (QED) is 0.526. The summed E-state index contributed by atoms with van der Waals surface area (Å²) in [5.41, 5.74) is -2.87. The maximum absolute atomic E-state index is 15.3. The third kappa shape index (κ3) is 4.30. The fourth-order valence-electron chi connectivity index (χ4n) is 6.63. The molecule has 4 atom stereocenters. The van der Waals surface area contributed by atoms with Crippen LogP contribution in [0.3, 0.4) is 0 Å². The van der Waals surface area contributed by atoms with E-state index in [9.17, 15) is 23.5 Å². The smallest absolute Gasteiger partial charge is 0.352 e. The molecule has 5 nitrogen and oxygen atoms in total. The summed E-state index contributed by atoms with van der Waals surface area (Å²) in [4.78, 5) is 25.4. The Morgan fingerprint density at radius 1 is 1.00 bits per heavy atom. The lowest BCUT2D eigenvalue weighted by Gasteiger charge is -2.60. The molecular formula is C26H26F4N2O3. The Bertz CT molecular complexity index is 1200. The highest BCUT2D eigenvalue weighted by Gasteiger charge is 2.59. The molecule has 0 spiro atoms. The Kier molecular flexibility index (Phi) is 5.47. The lowest BCUT2D eigenvalue weighted by molar-refractivity contribution is -0.165. The standard InChI is InChI=1S/C26H26F4N2O3/c1-14-6-18(3-5-20(14)27)31-22(33)17-2-4-21(28)19(8-17)26(29,30)23(34)32-24-9-15-7-16(10-24)12-25(35,11-15)13-24/h2-6,8,15-16,35H,7,9-13H2,1H3,(H,31,33)(H,32,34)/t15-,16+,24+,25-. The average Bonchev–Trinajstić information content (AvgIpc) is 2.74. The molecule has 6 rings (SSSR count). The monoisotopic (exact) mass is 490 g/mol. The maximum atomic E-state index is 15.3. The van der Waals surface area contributed by atoms with Gasteiger partial charge in [0.25, 0.3) is 11.8 Å². The molecule has 3 N–H and O–H groups in total. The van der Waals surface area contributed by atoms with E-state index >= 15 is 8.78 Å². The van der Waals surface area contributed by atoms with Crippen molar-refractivity contribution < 1.29 is 32.3 Å². The number of hydrogen-bond donors (Lipinski definition) is 3. The Hall–Kier alpha value is -2.94. The van der Waals surface area contributed by atoms with Crippen molar-refractivity contribution in [1.82, 2.24) is 5.32 Å². The topological polar surface area (TPSA) is 78.4 Å². The van der Waals surface area contributed by atoms with Crippen LogP contribution in [0.2, 0.25) is 0 Å². The van der Waals surface area contributed by atoms with Gasteiger partial charge in [0.2, 0.25) is 0 Å². The first-order valence-corrected chi connectivity index (χ1v) is 11.7. The van der Waals surface area contributed by atoms with E-state index in [4.69, 9.17) is 0 Å². The average molecular weight is 490 g/mol. The second-order valence-corrected chi connectivity index (χ2v) is 10.6. The van der Waals surface area contributed by atoms with E-state index < -0.39 is 46.1 Å². The summed E-state index contributed by atoms with van der Waals surface area (Å²) in [6, 6.07) is 6.25. The first-order chi connectivity index (χ1) is 16.4. The van der Waals surface area contributed by atoms with Gasteiger partial charge in [0.1, 0.15) is 11.6 Å². The molecule has 4 saturated carbocycles. The van der Waals surface area contributed by atoms with Crippen LogP contribution in [0, 0.1) is 30.4 Å². The molecule has 0 heterocycles. The largest absolute Gasteiger partial charge is 0.390 e. The molecule has 2 aromatic carbocycles. The van der Waals surface area contributed by atoms with Crippen LogP contribution < -0.4 is 10.6 Å². The number of carbonyl (C=O) groups is 2. The zero-order valence-corrected chi connectivity index (χ0v) is 19.1. The van der Waals surface area contributed by atoms with Crippen LogP contribution in [0.25, 0.3) is 0 Å². The molecule has 186 valence electrons. The molecule has 4 aliphatic rings. The zero-order chi connectivity index (χ0) is 25.2. The highest BCUT2D eigenvalue weighted by molar-refractivity contribution is 6.04. The molecule has 4 aliphatic carbocycles. The zero-order valence-electron chi connectivity index (χ0n) is 19.1. The molecule has 9 heteroatoms. The predicted molar refractivity (Wildman–Crippen MR) is 120 cm³/mol. The second kappa shape index (κ2) is 8.05. The van der Waals surface area contributed by atoms with Gasteiger partial charge in [0.05, 0.1) is 11.2 Å². The van der Waals surface area contributed by atoms with E-state index in [1.807, 2.05) is 0 Å². The van der Waals surface area contributed by atoms with Gasteiger partial charge < -0.3 is 15.7 Å². The van der Waals surface area contributed by atoms with Crippen LogP contribution in [0.1, 0.15) is 60.0 Å². The lowest BCUT2D eigenvalue weighted by atomic mass is 9.51. The number of aryl methyl sites for hydroxylation is 1. The fourth-order valence-corrected chi connectivity index (χ4v) is 6.63. The summed E-state index contributed by atoms with van der Waals surface area (Å²) in [7, 11) is 0. The highest BCUT2D eigenvalue weighted by atomic mass is 19.3. The first-order valence-electron chi connectivity index (χ1n) is 11.7. The molecule has 4 fully saturated rings. The number of halogens is 4. The molecule has 0 aliphatic heterocycles. The minimum Gasteiger partial charge on any atom is -0.390 e. The number of anilines is 1. The van der Waals surface area contributed by atoms with Gasteiger partial charge in [-0.1, -0.05) is 0 Å². The van der Waals surface area contributed by atoms with Crippen molar-refractivity contribution in [2.24, 2.45) is 11.8 Å². The van der Waals surface area contributed by atoms with Crippen LogP contribution in [0.5, 0.6) is 0 Å². The third-order valence-electron chi connectivity index (χ3n) is 7.68. The van der Waals surface area contributed by atoms with Crippen molar-refractivity contribution in [3.05, 3.63) is 64.7 Å². The van der Waals surface area contributed by atoms with Crippen molar-refractivity contribution in [2.75, 3.05) is 5.32 Å². The van der Waals surface area contributed by atoms with Crippen LogP contribution >= 0.6 is 0 Å². The number of aliphatic hydroxyl groups is 1. The Morgan fingerprint density at radius 3 is 2.29 bits per heavy atom. The molecular weight excluding hydrogens is 464 g/mol. The normalized spacial score (nSPS) is 29.2. The van der Waals surface area contributed by atoms with Gasteiger partial charge in [-0.2, -0.15) is 8.78 Å². The Balaban J connectivity index is 1.37. The van der Waals surface area contributed by atoms with Crippen LogP contribution in [0.15, 0.2) is 36.4 Å². The molecule has 0 unspecified atom stereocenters. The van der Waals surface area contributed by atoms with Crippen molar-refractivity contribution in [2.45, 2.75) is 62.5 Å². The molecule has 2 amide bonds. The summed E-state index contributed by atoms with van der Waals surface area (Å²) >= 11 is 0. The summed E-state index contributed by atoms with van der Waals surface area (Å²) in [5, 5.41) is 15.8. The molecule has 0 aromatic heterocycles. The SMILES string of the molecule is Cc1cc(NC(=O)c2ccc(F)c(C(F)(F)C(=O)N[C@@]34C[C@@H]5C[C@@H](C[C@@](O)(C5)C3)C4)c2)ccc1F. The highest BCUT2D eigenvalue weighted by Crippen LogP contribution is 2.57. The molecule has 2 aromatic rings. The second-order valence-electron chi connectivity index (χ2n) is 10.6. The summed E-state index contributed by atoms with van der Waals surface area (Å²) in [5.74, 6) is -8.15. The predicted octanol–water partition coefficient (Wildman–Crippen LogP) is 4.82. The number of amides is 2. The number of alkyl halides is 2. The first kappa shape index (κ1) is 23.8. The van der Waals surface area contributed by atoms with Crippen molar-refractivity contribution in [3.63, 3.8) is 0 Å². The van der Waals surface area contributed by atoms with Gasteiger partial charge in [0.15, 0.2) is 0 Å². The molecule has 4 bridgehead atoms. The molecule has 0 saturated heterocycles. The Labute approximate surface area is 199 Å². The van der Waals surface area contributed by atoms with Crippen molar-refractivity contribution in [3.8, 4) is 0 Å². The van der Waals surface area contributed by atoms with E-state index in [0.29, 0.717) is 31.7 Å². The minimum atomic E-state index is -4.24. The van der Waals surface area contributed by atoms with E-state index in [-0.39, 0.29) is 35.1 Å². The van der Waals surface area contributed by atoms with E-state index in [2.05, 4.69) is 10.6 Å². The van der Waals surface area contributed by atoms with Gasteiger partial charge in [-0.05, 0) is 99.2 Å². The van der Waals surface area contributed by atoms with Gasteiger partial charge in [0, 0.05) is 16.8 Å². The summed E-state index contributed by atoms with van der Waals surface area (Å²) in [6.07, 6.45) is 3.35. The lowest BCUT2D eigenvalue weighted by Crippen LogP contribution is -2.66. The third-order valence-corrected chi connectivity index (χ3v) is 7.68. The number of nitrogens with one attached hydrogen (secondary N) is 2. The number of carbonyl (C=O) groups excluding carboxylic acids is 2. The van der Waals surface area contributed by atoms with Crippen molar-refractivity contribution in [1.29, 1.82) is 0 Å². The van der Waals surface area contributed by atoms with Crippen LogP contribution in [-0.4, -0.2) is 28.1 Å². The van der Waals surface area contributed by atoms with Gasteiger partial charge in [-0.25, -0.2) is 8.78 Å². The molecule has 0 radical (unpaired) electrons. The number of rotatable bonds is 5. The van der Waals surface area contributed by atoms with E-state index in [1.54, 1.807) is 0 Å².